The molecule has 1 heterocycles. The summed E-state index contributed by atoms with van der Waals surface area (Å²) in [5.74, 6) is 0.512. The van der Waals surface area contributed by atoms with Crippen molar-refractivity contribution < 1.29 is 24.2 Å². The highest BCUT2D eigenvalue weighted by atomic mass is 16.5. The first-order chi connectivity index (χ1) is 11.9. The third kappa shape index (κ3) is 2.43. The van der Waals surface area contributed by atoms with Crippen LogP contribution < -0.4 is 9.47 Å². The number of ketones is 2. The Bertz CT molecular complexity index is 911. The average molecular weight is 338 g/mol. The van der Waals surface area contributed by atoms with Gasteiger partial charge in [-0.25, -0.2) is 0 Å². The Balaban J connectivity index is 1.94. The lowest BCUT2D eigenvalue weighted by atomic mass is 9.77. The van der Waals surface area contributed by atoms with Crippen LogP contribution in [-0.2, 0) is 13.0 Å². The average Bonchev–Trinajstić information content (AvgIpc) is 2.71. The van der Waals surface area contributed by atoms with E-state index in [0.717, 1.165) is 0 Å². The molecule has 1 N–H and O–H groups in total. The van der Waals surface area contributed by atoms with Crippen LogP contribution in [-0.4, -0.2) is 29.4 Å². The minimum atomic E-state index is -1.09. The summed E-state index contributed by atoms with van der Waals surface area (Å²) in [7, 11) is 1.55. The number of carbonyl (C=O) groups excluding carboxylic acids is 2. The predicted octanol–water partition coefficient (Wildman–Crippen LogP) is 2.70. The molecule has 5 heteroatoms. The number of aliphatic hydroxyl groups is 1. The second-order valence-corrected chi connectivity index (χ2v) is 6.85. The minimum Gasteiger partial charge on any atom is -0.496 e. The van der Waals surface area contributed by atoms with Crippen LogP contribution in [0.15, 0.2) is 30.3 Å². The van der Waals surface area contributed by atoms with Crippen molar-refractivity contribution in [3.05, 3.63) is 58.1 Å². The molecule has 0 aromatic heterocycles. The van der Waals surface area contributed by atoms with Crippen LogP contribution >= 0.6 is 0 Å². The molecule has 5 nitrogen and oxygen atoms in total. The Morgan fingerprint density at radius 3 is 2.68 bits per heavy atom. The van der Waals surface area contributed by atoms with Crippen LogP contribution in [0.1, 0.15) is 50.8 Å². The molecule has 4 rings (SSSR count). The summed E-state index contributed by atoms with van der Waals surface area (Å²) in [5, 5.41) is 10.3. The van der Waals surface area contributed by atoms with Crippen LogP contribution in [0.2, 0.25) is 0 Å². The van der Waals surface area contributed by atoms with Crippen molar-refractivity contribution in [3.63, 3.8) is 0 Å². The lowest BCUT2D eigenvalue weighted by Crippen LogP contribution is -2.36. The van der Waals surface area contributed by atoms with Gasteiger partial charge in [0.15, 0.2) is 11.6 Å². The third-order valence-corrected chi connectivity index (χ3v) is 4.84. The van der Waals surface area contributed by atoms with Crippen LogP contribution in [0, 0.1) is 0 Å². The Morgan fingerprint density at radius 2 is 1.92 bits per heavy atom. The smallest absolute Gasteiger partial charge is 0.198 e. The summed E-state index contributed by atoms with van der Waals surface area (Å²) in [6.07, 6.45) is 0.328. The summed E-state index contributed by atoms with van der Waals surface area (Å²) in [4.78, 5) is 25.9. The topological polar surface area (TPSA) is 72.8 Å². The van der Waals surface area contributed by atoms with Gasteiger partial charge in [-0.1, -0.05) is 18.2 Å². The van der Waals surface area contributed by atoms with Gasteiger partial charge in [-0.05, 0) is 24.6 Å². The fourth-order valence-electron chi connectivity index (χ4n) is 3.75. The molecule has 0 amide bonds. The van der Waals surface area contributed by atoms with Gasteiger partial charge in [0, 0.05) is 29.5 Å². The number of methoxy groups -OCH3 is 1. The van der Waals surface area contributed by atoms with Gasteiger partial charge in [0.25, 0.3) is 0 Å². The van der Waals surface area contributed by atoms with E-state index in [1.54, 1.807) is 44.4 Å². The first-order valence-electron chi connectivity index (χ1n) is 8.16. The molecule has 0 saturated carbocycles. The molecule has 1 atom stereocenters. The van der Waals surface area contributed by atoms with E-state index in [1.165, 1.54) is 0 Å². The molecule has 2 aromatic carbocycles. The summed E-state index contributed by atoms with van der Waals surface area (Å²) in [5.41, 5.74) is 1.43. The molecule has 0 bridgehead atoms. The number of Topliss-reactive ketones (excluding diaryl/α,β-unsaturated/α-hetero) is 1. The van der Waals surface area contributed by atoms with E-state index in [0.29, 0.717) is 45.7 Å². The predicted molar refractivity (Wildman–Crippen MR) is 90.5 cm³/mol. The minimum absolute atomic E-state index is 0.00526. The molecule has 1 aliphatic heterocycles. The van der Waals surface area contributed by atoms with Crippen molar-refractivity contribution >= 4 is 11.6 Å². The Kier molecular flexibility index (Phi) is 3.44. The van der Waals surface area contributed by atoms with Crippen molar-refractivity contribution in [1.82, 2.24) is 0 Å². The maximum Gasteiger partial charge on any atom is 0.198 e. The number of hydrogen-bond acceptors (Lipinski definition) is 5. The van der Waals surface area contributed by atoms with E-state index in [4.69, 9.17) is 9.47 Å². The zero-order valence-corrected chi connectivity index (χ0v) is 14.1. The highest BCUT2D eigenvalue weighted by Crippen LogP contribution is 2.39. The zero-order valence-electron chi connectivity index (χ0n) is 14.1. The van der Waals surface area contributed by atoms with E-state index in [-0.39, 0.29) is 24.6 Å². The van der Waals surface area contributed by atoms with E-state index < -0.39 is 5.60 Å². The Labute approximate surface area is 145 Å². The molecule has 0 spiro atoms. The lowest BCUT2D eigenvalue weighted by Gasteiger charge is -2.30. The van der Waals surface area contributed by atoms with Crippen LogP contribution in [0.5, 0.6) is 11.5 Å². The summed E-state index contributed by atoms with van der Waals surface area (Å²) < 4.78 is 11.2. The standard InChI is InChI=1S/C20H18O5/c1-20(23)8-11-6-7-16-18(17(11)14(21)9-20)19(22)12-4-3-5-15(24-2)13(12)10-25-16/h3-7,23H,8-10H2,1-2H3. The van der Waals surface area contributed by atoms with Gasteiger partial charge in [0.2, 0.25) is 0 Å². The molecular formula is C20H18O5. The molecular weight excluding hydrogens is 320 g/mol. The Morgan fingerprint density at radius 1 is 1.12 bits per heavy atom. The van der Waals surface area contributed by atoms with Gasteiger partial charge < -0.3 is 14.6 Å². The molecule has 2 aromatic rings. The molecule has 25 heavy (non-hydrogen) atoms. The second-order valence-electron chi connectivity index (χ2n) is 6.85. The molecule has 128 valence electrons. The van der Waals surface area contributed by atoms with Crippen molar-refractivity contribution in [2.45, 2.75) is 32.0 Å². The zero-order chi connectivity index (χ0) is 17.8. The lowest BCUT2D eigenvalue weighted by molar-refractivity contribution is 0.0408. The van der Waals surface area contributed by atoms with Gasteiger partial charge >= 0.3 is 0 Å². The van der Waals surface area contributed by atoms with Gasteiger partial charge in [-0.3, -0.25) is 9.59 Å². The second kappa shape index (κ2) is 5.43. The van der Waals surface area contributed by atoms with E-state index in [1.807, 2.05) is 0 Å². The van der Waals surface area contributed by atoms with Gasteiger partial charge in [0.05, 0.1) is 18.3 Å². The van der Waals surface area contributed by atoms with Crippen molar-refractivity contribution in [2.24, 2.45) is 0 Å². The maximum absolute atomic E-state index is 13.2. The molecule has 1 unspecified atom stereocenters. The molecule has 0 radical (unpaired) electrons. The number of hydrogen-bond donors (Lipinski definition) is 1. The number of ether oxygens (including phenoxy) is 2. The van der Waals surface area contributed by atoms with Gasteiger partial charge in [0.1, 0.15) is 18.1 Å². The summed E-state index contributed by atoms with van der Waals surface area (Å²) in [6.45, 7) is 1.83. The van der Waals surface area contributed by atoms with Gasteiger partial charge in [-0.15, -0.1) is 0 Å². The first-order valence-corrected chi connectivity index (χ1v) is 8.16. The third-order valence-electron chi connectivity index (χ3n) is 4.84. The van der Waals surface area contributed by atoms with Crippen LogP contribution in [0.4, 0.5) is 0 Å². The number of rotatable bonds is 1. The fraction of sp³-hybridized carbons (Fsp3) is 0.300. The highest BCUT2D eigenvalue weighted by Gasteiger charge is 2.38. The number of benzene rings is 2. The molecule has 2 aliphatic rings. The largest absolute Gasteiger partial charge is 0.496 e. The quantitative estimate of drug-likeness (QED) is 0.865. The van der Waals surface area contributed by atoms with E-state index in [9.17, 15) is 14.7 Å². The van der Waals surface area contributed by atoms with Crippen LogP contribution in [0.25, 0.3) is 0 Å². The molecule has 0 fully saturated rings. The summed E-state index contributed by atoms with van der Waals surface area (Å²) in [6, 6.07) is 8.73. The van der Waals surface area contributed by atoms with Crippen molar-refractivity contribution in [3.8, 4) is 11.5 Å². The van der Waals surface area contributed by atoms with E-state index in [2.05, 4.69) is 0 Å². The fourth-order valence-corrected chi connectivity index (χ4v) is 3.75. The highest BCUT2D eigenvalue weighted by molar-refractivity contribution is 6.19. The van der Waals surface area contributed by atoms with Gasteiger partial charge in [-0.2, -0.15) is 0 Å². The van der Waals surface area contributed by atoms with Crippen LogP contribution in [0.3, 0.4) is 0 Å². The van der Waals surface area contributed by atoms with Crippen molar-refractivity contribution in [2.75, 3.05) is 7.11 Å². The molecule has 1 aliphatic carbocycles. The monoisotopic (exact) mass is 338 g/mol. The maximum atomic E-state index is 13.2. The normalized spacial score (nSPS) is 21.6. The SMILES string of the molecule is COc1cccc2c1COc1ccc3c(c1C2=O)C(=O)CC(C)(O)C3. The Hall–Kier alpha value is -2.66. The molecule has 0 saturated heterocycles. The summed E-state index contributed by atoms with van der Waals surface area (Å²) >= 11 is 0. The number of fused-ring (bicyclic) bond motifs is 4. The first kappa shape index (κ1) is 15.8. The number of carbonyl (C=O) groups is 2. The van der Waals surface area contributed by atoms with Crippen molar-refractivity contribution in [1.29, 1.82) is 0 Å². The van der Waals surface area contributed by atoms with E-state index >= 15 is 0 Å².